The standard InChI is InChI=1S/C15H17BrN2S/c1-10-14(9-13-6-3-7-17-13)19-15(18-10)11-4-2-5-12(16)8-11/h2,4-5,8,13,17H,3,6-7,9H2,1H3. The van der Waals surface area contributed by atoms with Crippen molar-refractivity contribution in [1.29, 1.82) is 0 Å². The summed E-state index contributed by atoms with van der Waals surface area (Å²) in [5.74, 6) is 0. The van der Waals surface area contributed by atoms with Gasteiger partial charge in [-0.05, 0) is 44.9 Å². The van der Waals surface area contributed by atoms with Crippen LogP contribution < -0.4 is 5.32 Å². The average molecular weight is 337 g/mol. The van der Waals surface area contributed by atoms with E-state index in [1.807, 2.05) is 17.4 Å². The van der Waals surface area contributed by atoms with Crippen molar-refractivity contribution in [3.05, 3.63) is 39.3 Å². The maximum Gasteiger partial charge on any atom is 0.123 e. The molecule has 0 spiro atoms. The molecule has 1 aliphatic rings. The van der Waals surface area contributed by atoms with Gasteiger partial charge in [0.2, 0.25) is 0 Å². The number of aromatic nitrogens is 1. The summed E-state index contributed by atoms with van der Waals surface area (Å²) in [7, 11) is 0. The number of benzene rings is 1. The highest BCUT2D eigenvalue weighted by atomic mass is 79.9. The van der Waals surface area contributed by atoms with Crippen LogP contribution in [0.15, 0.2) is 28.7 Å². The van der Waals surface area contributed by atoms with Crippen molar-refractivity contribution in [2.45, 2.75) is 32.2 Å². The summed E-state index contributed by atoms with van der Waals surface area (Å²) < 4.78 is 1.11. The molecule has 100 valence electrons. The molecule has 1 aromatic heterocycles. The Bertz CT molecular complexity index is 573. The van der Waals surface area contributed by atoms with Gasteiger partial charge in [0, 0.05) is 21.0 Å². The maximum absolute atomic E-state index is 4.73. The van der Waals surface area contributed by atoms with Gasteiger partial charge < -0.3 is 5.32 Å². The molecule has 1 aliphatic heterocycles. The molecule has 1 N–H and O–H groups in total. The number of nitrogens with zero attached hydrogens (tertiary/aromatic N) is 1. The van der Waals surface area contributed by atoms with E-state index in [0.717, 1.165) is 15.9 Å². The topological polar surface area (TPSA) is 24.9 Å². The number of nitrogens with one attached hydrogen (secondary N) is 1. The van der Waals surface area contributed by atoms with Crippen LogP contribution in [0.3, 0.4) is 0 Å². The summed E-state index contributed by atoms with van der Waals surface area (Å²) in [6, 6.07) is 9.02. The van der Waals surface area contributed by atoms with Crippen LogP contribution in [0, 0.1) is 6.92 Å². The second kappa shape index (κ2) is 5.73. The van der Waals surface area contributed by atoms with Crippen LogP contribution >= 0.6 is 27.3 Å². The molecule has 0 amide bonds. The minimum atomic E-state index is 0.648. The van der Waals surface area contributed by atoms with Gasteiger partial charge in [-0.1, -0.05) is 28.1 Å². The summed E-state index contributed by atoms with van der Waals surface area (Å²) in [4.78, 5) is 6.16. The van der Waals surface area contributed by atoms with Crippen LogP contribution in [0.5, 0.6) is 0 Å². The van der Waals surface area contributed by atoms with Gasteiger partial charge in [0.25, 0.3) is 0 Å². The first-order valence-electron chi connectivity index (χ1n) is 6.68. The fraction of sp³-hybridized carbons (Fsp3) is 0.400. The summed E-state index contributed by atoms with van der Waals surface area (Å²) in [6.45, 7) is 3.29. The fourth-order valence-corrected chi connectivity index (χ4v) is 4.06. The lowest BCUT2D eigenvalue weighted by molar-refractivity contribution is 0.606. The maximum atomic E-state index is 4.73. The van der Waals surface area contributed by atoms with Crippen molar-refractivity contribution in [3.8, 4) is 10.6 Å². The second-order valence-corrected chi connectivity index (χ2v) is 7.03. The highest BCUT2D eigenvalue weighted by Gasteiger charge is 2.18. The molecule has 1 aromatic carbocycles. The zero-order valence-corrected chi connectivity index (χ0v) is 13.4. The molecular formula is C15H17BrN2S. The predicted molar refractivity (Wildman–Crippen MR) is 84.7 cm³/mol. The fourth-order valence-electron chi connectivity index (χ4n) is 2.52. The number of halogens is 1. The monoisotopic (exact) mass is 336 g/mol. The van der Waals surface area contributed by atoms with Crippen LogP contribution in [-0.4, -0.2) is 17.6 Å². The molecule has 3 rings (SSSR count). The highest BCUT2D eigenvalue weighted by Crippen LogP contribution is 2.30. The lowest BCUT2D eigenvalue weighted by Crippen LogP contribution is -2.23. The molecule has 19 heavy (non-hydrogen) atoms. The Morgan fingerprint density at radius 3 is 3.11 bits per heavy atom. The van der Waals surface area contributed by atoms with Crippen LogP contribution in [-0.2, 0) is 6.42 Å². The quantitative estimate of drug-likeness (QED) is 0.909. The molecule has 1 fully saturated rings. The summed E-state index contributed by atoms with van der Waals surface area (Å²) in [6.07, 6.45) is 3.72. The summed E-state index contributed by atoms with van der Waals surface area (Å²) in [5.41, 5.74) is 2.39. The van der Waals surface area contributed by atoms with E-state index in [2.05, 4.69) is 46.4 Å². The normalized spacial score (nSPS) is 18.9. The van der Waals surface area contributed by atoms with Gasteiger partial charge in [-0.3, -0.25) is 0 Å². The zero-order chi connectivity index (χ0) is 13.2. The van der Waals surface area contributed by atoms with E-state index in [0.29, 0.717) is 6.04 Å². The van der Waals surface area contributed by atoms with E-state index < -0.39 is 0 Å². The van der Waals surface area contributed by atoms with Gasteiger partial charge in [-0.15, -0.1) is 11.3 Å². The predicted octanol–water partition coefficient (Wildman–Crippen LogP) is 4.18. The lowest BCUT2D eigenvalue weighted by atomic mass is 10.1. The molecule has 2 heterocycles. The van der Waals surface area contributed by atoms with Gasteiger partial charge in [-0.2, -0.15) is 0 Å². The molecule has 2 aromatic rings. The van der Waals surface area contributed by atoms with Crippen LogP contribution in [0.2, 0.25) is 0 Å². The molecule has 1 atom stereocenters. The molecule has 4 heteroatoms. The Morgan fingerprint density at radius 2 is 2.37 bits per heavy atom. The number of hydrogen-bond acceptors (Lipinski definition) is 3. The van der Waals surface area contributed by atoms with Crippen molar-refractivity contribution in [1.82, 2.24) is 10.3 Å². The molecule has 0 saturated carbocycles. The van der Waals surface area contributed by atoms with E-state index in [-0.39, 0.29) is 0 Å². The smallest absolute Gasteiger partial charge is 0.123 e. The molecular weight excluding hydrogens is 320 g/mol. The van der Waals surface area contributed by atoms with E-state index in [1.54, 1.807) is 0 Å². The zero-order valence-electron chi connectivity index (χ0n) is 10.9. The highest BCUT2D eigenvalue weighted by molar-refractivity contribution is 9.10. The first-order chi connectivity index (χ1) is 9.22. The molecule has 1 unspecified atom stereocenters. The molecule has 0 bridgehead atoms. The van der Waals surface area contributed by atoms with Gasteiger partial charge >= 0.3 is 0 Å². The Kier molecular flexibility index (Phi) is 4.01. The Morgan fingerprint density at radius 1 is 1.47 bits per heavy atom. The van der Waals surface area contributed by atoms with Crippen LogP contribution in [0.1, 0.15) is 23.4 Å². The van der Waals surface area contributed by atoms with Crippen molar-refractivity contribution < 1.29 is 0 Å². The third kappa shape index (κ3) is 3.07. The third-order valence-electron chi connectivity index (χ3n) is 3.56. The van der Waals surface area contributed by atoms with Gasteiger partial charge in [-0.25, -0.2) is 4.98 Å². The first-order valence-corrected chi connectivity index (χ1v) is 8.29. The number of thiazole rings is 1. The van der Waals surface area contributed by atoms with E-state index in [9.17, 15) is 0 Å². The Balaban J connectivity index is 1.84. The van der Waals surface area contributed by atoms with E-state index >= 15 is 0 Å². The number of aryl methyl sites for hydroxylation is 1. The number of hydrogen-bond donors (Lipinski definition) is 1. The second-order valence-electron chi connectivity index (χ2n) is 5.04. The molecule has 0 aliphatic carbocycles. The summed E-state index contributed by atoms with van der Waals surface area (Å²) >= 11 is 5.36. The van der Waals surface area contributed by atoms with Crippen molar-refractivity contribution >= 4 is 27.3 Å². The van der Waals surface area contributed by atoms with Gasteiger partial charge in [0.15, 0.2) is 0 Å². The molecule has 2 nitrogen and oxygen atoms in total. The SMILES string of the molecule is Cc1nc(-c2cccc(Br)c2)sc1CC1CCCN1. The summed E-state index contributed by atoms with van der Waals surface area (Å²) in [5, 5.41) is 4.69. The van der Waals surface area contributed by atoms with Gasteiger partial charge in [0.1, 0.15) is 5.01 Å². The van der Waals surface area contributed by atoms with E-state index in [1.165, 1.54) is 35.5 Å². The van der Waals surface area contributed by atoms with Crippen molar-refractivity contribution in [2.24, 2.45) is 0 Å². The third-order valence-corrected chi connectivity index (χ3v) is 5.28. The van der Waals surface area contributed by atoms with Gasteiger partial charge in [0.05, 0.1) is 5.69 Å². The van der Waals surface area contributed by atoms with Crippen molar-refractivity contribution in [2.75, 3.05) is 6.54 Å². The Labute approximate surface area is 126 Å². The van der Waals surface area contributed by atoms with E-state index in [4.69, 9.17) is 4.98 Å². The van der Waals surface area contributed by atoms with Crippen LogP contribution in [0.25, 0.3) is 10.6 Å². The molecule has 0 radical (unpaired) electrons. The van der Waals surface area contributed by atoms with Crippen molar-refractivity contribution in [3.63, 3.8) is 0 Å². The lowest BCUT2D eigenvalue weighted by Gasteiger charge is -2.07. The first kappa shape index (κ1) is 13.3. The Hall–Kier alpha value is -0.710. The molecule has 1 saturated heterocycles. The average Bonchev–Trinajstić information content (AvgIpc) is 3.01. The largest absolute Gasteiger partial charge is 0.314 e. The van der Waals surface area contributed by atoms with Crippen LogP contribution in [0.4, 0.5) is 0 Å². The number of rotatable bonds is 3. The minimum Gasteiger partial charge on any atom is -0.314 e. The minimum absolute atomic E-state index is 0.648.